The SMILES string of the molecule is COc1cccc(OC)c1C(=O)C(C(=O)OCC(C)C)C1CCCC1. The number of hydrogen-bond donors (Lipinski definition) is 0. The summed E-state index contributed by atoms with van der Waals surface area (Å²) >= 11 is 0. The number of benzene rings is 1. The fraction of sp³-hybridized carbons (Fsp3) is 0.600. The van der Waals surface area contributed by atoms with Crippen molar-refractivity contribution in [1.29, 1.82) is 0 Å². The van der Waals surface area contributed by atoms with Crippen LogP contribution in [0.5, 0.6) is 11.5 Å². The molecule has 0 amide bonds. The molecule has 0 bridgehead atoms. The van der Waals surface area contributed by atoms with Crippen LogP contribution in [0.15, 0.2) is 18.2 Å². The van der Waals surface area contributed by atoms with Gasteiger partial charge in [0, 0.05) is 0 Å². The highest BCUT2D eigenvalue weighted by Gasteiger charge is 2.40. The molecule has 5 heteroatoms. The normalized spacial score (nSPS) is 15.9. The van der Waals surface area contributed by atoms with Gasteiger partial charge in [0.1, 0.15) is 23.0 Å². The molecule has 1 atom stereocenters. The van der Waals surface area contributed by atoms with Crippen molar-refractivity contribution in [3.63, 3.8) is 0 Å². The van der Waals surface area contributed by atoms with Gasteiger partial charge < -0.3 is 14.2 Å². The van der Waals surface area contributed by atoms with Crippen LogP contribution in [-0.2, 0) is 9.53 Å². The molecule has 1 aliphatic rings. The molecule has 1 aliphatic carbocycles. The molecular weight excluding hydrogens is 320 g/mol. The summed E-state index contributed by atoms with van der Waals surface area (Å²) in [4.78, 5) is 26.0. The van der Waals surface area contributed by atoms with Crippen LogP contribution in [0.3, 0.4) is 0 Å². The van der Waals surface area contributed by atoms with E-state index in [4.69, 9.17) is 14.2 Å². The molecule has 0 heterocycles. The Labute approximate surface area is 149 Å². The first-order chi connectivity index (χ1) is 12.0. The Kier molecular flexibility index (Phi) is 6.85. The standard InChI is InChI=1S/C20H28O5/c1-13(2)12-25-20(22)17(14-8-5-6-9-14)19(21)18-15(23-3)10-7-11-16(18)24-4/h7,10-11,13-14,17H,5-6,8-9,12H2,1-4H3. The van der Waals surface area contributed by atoms with E-state index in [9.17, 15) is 9.59 Å². The zero-order chi connectivity index (χ0) is 18.4. The van der Waals surface area contributed by atoms with Crippen molar-refractivity contribution in [2.45, 2.75) is 39.5 Å². The lowest BCUT2D eigenvalue weighted by Gasteiger charge is -2.23. The Bertz CT molecular complexity index is 580. The average Bonchev–Trinajstić information content (AvgIpc) is 3.13. The summed E-state index contributed by atoms with van der Waals surface area (Å²) < 4.78 is 16.1. The second-order valence-corrected chi connectivity index (χ2v) is 6.95. The van der Waals surface area contributed by atoms with Gasteiger partial charge in [-0.2, -0.15) is 0 Å². The van der Waals surface area contributed by atoms with Crippen LogP contribution >= 0.6 is 0 Å². The van der Waals surface area contributed by atoms with Gasteiger partial charge in [-0.1, -0.05) is 32.8 Å². The summed E-state index contributed by atoms with van der Waals surface area (Å²) in [6.45, 7) is 4.27. The van der Waals surface area contributed by atoms with Crippen LogP contribution in [0.2, 0.25) is 0 Å². The summed E-state index contributed by atoms with van der Waals surface area (Å²) in [6.07, 6.45) is 3.80. The van der Waals surface area contributed by atoms with Gasteiger partial charge in [0.15, 0.2) is 5.78 Å². The number of esters is 1. The number of hydrogen-bond acceptors (Lipinski definition) is 5. The Morgan fingerprint density at radius 1 is 1.08 bits per heavy atom. The van der Waals surface area contributed by atoms with Gasteiger partial charge >= 0.3 is 5.97 Å². The van der Waals surface area contributed by atoms with E-state index in [0.717, 1.165) is 25.7 Å². The van der Waals surface area contributed by atoms with Crippen molar-refractivity contribution in [2.75, 3.05) is 20.8 Å². The van der Waals surface area contributed by atoms with Crippen molar-refractivity contribution in [3.8, 4) is 11.5 Å². The molecule has 0 radical (unpaired) electrons. The Balaban J connectivity index is 2.37. The number of methoxy groups -OCH3 is 2. The molecule has 1 aromatic rings. The zero-order valence-electron chi connectivity index (χ0n) is 15.5. The molecule has 0 aromatic heterocycles. The van der Waals surface area contributed by atoms with E-state index in [1.807, 2.05) is 13.8 Å². The van der Waals surface area contributed by atoms with Crippen LogP contribution < -0.4 is 9.47 Å². The lowest BCUT2D eigenvalue weighted by molar-refractivity contribution is -0.149. The maximum Gasteiger partial charge on any atom is 0.317 e. The molecule has 0 aliphatic heterocycles. The van der Waals surface area contributed by atoms with Gasteiger partial charge in [-0.15, -0.1) is 0 Å². The van der Waals surface area contributed by atoms with Crippen LogP contribution in [0.1, 0.15) is 49.9 Å². The molecule has 2 rings (SSSR count). The Morgan fingerprint density at radius 2 is 1.64 bits per heavy atom. The highest BCUT2D eigenvalue weighted by Crippen LogP contribution is 2.38. The third kappa shape index (κ3) is 4.53. The van der Waals surface area contributed by atoms with Crippen LogP contribution in [0, 0.1) is 17.8 Å². The number of ether oxygens (including phenoxy) is 3. The summed E-state index contributed by atoms with van der Waals surface area (Å²) in [5, 5.41) is 0. The molecule has 0 saturated heterocycles. The third-order valence-corrected chi connectivity index (χ3v) is 4.64. The van der Waals surface area contributed by atoms with E-state index >= 15 is 0 Å². The number of carbonyl (C=O) groups is 2. The first kappa shape index (κ1) is 19.3. The van der Waals surface area contributed by atoms with E-state index in [-0.39, 0.29) is 17.6 Å². The fourth-order valence-electron chi connectivity index (χ4n) is 3.39. The number of Topliss-reactive ketones (excluding diaryl/α,β-unsaturated/α-hetero) is 1. The third-order valence-electron chi connectivity index (χ3n) is 4.64. The van der Waals surface area contributed by atoms with E-state index in [1.54, 1.807) is 18.2 Å². The van der Waals surface area contributed by atoms with E-state index < -0.39 is 11.9 Å². The minimum absolute atomic E-state index is 0.0155. The minimum atomic E-state index is -0.800. The summed E-state index contributed by atoms with van der Waals surface area (Å²) in [6, 6.07) is 5.18. The van der Waals surface area contributed by atoms with Crippen LogP contribution in [0.25, 0.3) is 0 Å². The Hall–Kier alpha value is -2.04. The maximum atomic E-state index is 13.3. The first-order valence-corrected chi connectivity index (χ1v) is 8.91. The topological polar surface area (TPSA) is 61.8 Å². The molecule has 5 nitrogen and oxygen atoms in total. The molecule has 1 fully saturated rings. The summed E-state index contributed by atoms with van der Waals surface area (Å²) in [5.74, 6) is -0.418. The van der Waals surface area contributed by atoms with Crippen LogP contribution in [0.4, 0.5) is 0 Å². The highest BCUT2D eigenvalue weighted by atomic mass is 16.5. The summed E-state index contributed by atoms with van der Waals surface area (Å²) in [5.41, 5.74) is 0.325. The average molecular weight is 348 g/mol. The predicted octanol–water partition coefficient (Wildman–Crippen LogP) is 3.89. The van der Waals surface area contributed by atoms with Crippen molar-refractivity contribution in [3.05, 3.63) is 23.8 Å². The Morgan fingerprint density at radius 3 is 2.12 bits per heavy atom. The highest BCUT2D eigenvalue weighted by molar-refractivity contribution is 6.12. The van der Waals surface area contributed by atoms with Gasteiger partial charge in [0.2, 0.25) is 0 Å². The van der Waals surface area contributed by atoms with E-state index in [0.29, 0.717) is 23.7 Å². The minimum Gasteiger partial charge on any atom is -0.496 e. The summed E-state index contributed by atoms with van der Waals surface area (Å²) in [7, 11) is 3.01. The molecule has 138 valence electrons. The van der Waals surface area contributed by atoms with Gasteiger partial charge in [0.25, 0.3) is 0 Å². The number of carbonyl (C=O) groups excluding carboxylic acids is 2. The van der Waals surface area contributed by atoms with Gasteiger partial charge in [-0.3, -0.25) is 9.59 Å². The molecule has 1 unspecified atom stereocenters. The lowest BCUT2D eigenvalue weighted by atomic mass is 9.84. The zero-order valence-corrected chi connectivity index (χ0v) is 15.5. The van der Waals surface area contributed by atoms with Crippen molar-refractivity contribution in [1.82, 2.24) is 0 Å². The molecule has 0 N–H and O–H groups in total. The van der Waals surface area contributed by atoms with Gasteiger partial charge in [0.05, 0.1) is 20.8 Å². The largest absolute Gasteiger partial charge is 0.496 e. The van der Waals surface area contributed by atoms with Gasteiger partial charge in [-0.25, -0.2) is 0 Å². The van der Waals surface area contributed by atoms with E-state index in [2.05, 4.69) is 0 Å². The van der Waals surface area contributed by atoms with E-state index in [1.165, 1.54) is 14.2 Å². The quantitative estimate of drug-likeness (QED) is 0.405. The predicted molar refractivity (Wildman–Crippen MR) is 95.1 cm³/mol. The second-order valence-electron chi connectivity index (χ2n) is 6.95. The van der Waals surface area contributed by atoms with Crippen molar-refractivity contribution >= 4 is 11.8 Å². The number of ketones is 1. The molecule has 1 aromatic carbocycles. The smallest absolute Gasteiger partial charge is 0.317 e. The van der Waals surface area contributed by atoms with Gasteiger partial charge in [-0.05, 0) is 36.8 Å². The molecule has 1 saturated carbocycles. The monoisotopic (exact) mass is 348 g/mol. The molecule has 25 heavy (non-hydrogen) atoms. The lowest BCUT2D eigenvalue weighted by Crippen LogP contribution is -2.33. The molecule has 0 spiro atoms. The fourth-order valence-corrected chi connectivity index (χ4v) is 3.39. The second kappa shape index (κ2) is 8.88. The molecular formula is C20H28O5. The van der Waals surface area contributed by atoms with Crippen molar-refractivity contribution < 1.29 is 23.8 Å². The maximum absolute atomic E-state index is 13.3. The van der Waals surface area contributed by atoms with Crippen molar-refractivity contribution in [2.24, 2.45) is 17.8 Å². The van der Waals surface area contributed by atoms with Crippen LogP contribution in [-0.4, -0.2) is 32.6 Å². The number of rotatable bonds is 8. The first-order valence-electron chi connectivity index (χ1n) is 8.91.